The summed E-state index contributed by atoms with van der Waals surface area (Å²) in [5.41, 5.74) is 2.38. The first-order valence-corrected chi connectivity index (χ1v) is 6.00. The molecule has 0 atom stereocenters. The highest BCUT2D eigenvalue weighted by Gasteiger charge is 2.20. The molecule has 1 aromatic heterocycles. The van der Waals surface area contributed by atoms with Gasteiger partial charge in [0.2, 0.25) is 5.95 Å². The fourth-order valence-corrected chi connectivity index (χ4v) is 2.10. The van der Waals surface area contributed by atoms with Crippen LogP contribution in [-0.2, 0) is 0 Å². The van der Waals surface area contributed by atoms with Gasteiger partial charge in [-0.3, -0.25) is 5.43 Å². The second-order valence-corrected chi connectivity index (χ2v) is 4.59. The van der Waals surface area contributed by atoms with E-state index in [1.807, 2.05) is 0 Å². The summed E-state index contributed by atoms with van der Waals surface area (Å²) in [6, 6.07) is 0.288. The highest BCUT2D eigenvalue weighted by Crippen LogP contribution is 2.25. The molecule has 7 heteroatoms. The van der Waals surface area contributed by atoms with Gasteiger partial charge in [0.15, 0.2) is 5.82 Å². The lowest BCUT2D eigenvalue weighted by molar-refractivity contribution is 0.126. The fraction of sp³-hybridized carbons (Fsp3) is 0.600. The van der Waals surface area contributed by atoms with Gasteiger partial charge in [-0.1, -0.05) is 11.6 Å². The molecule has 1 aromatic rings. The summed E-state index contributed by atoms with van der Waals surface area (Å²) in [7, 11) is 0. The molecule has 1 heterocycles. The Morgan fingerprint density at radius 2 is 2.06 bits per heavy atom. The molecule has 5 N–H and O–H groups in total. The lowest BCUT2D eigenvalue weighted by Crippen LogP contribution is -2.28. The zero-order valence-corrected chi connectivity index (χ0v) is 10.1. The van der Waals surface area contributed by atoms with Crippen molar-refractivity contribution in [3.63, 3.8) is 0 Å². The maximum atomic E-state index is 9.42. The van der Waals surface area contributed by atoms with Crippen molar-refractivity contribution < 1.29 is 5.11 Å². The molecule has 1 aliphatic rings. The Bertz CT molecular complexity index is 381. The molecule has 0 aliphatic heterocycles. The molecule has 17 heavy (non-hydrogen) atoms. The van der Waals surface area contributed by atoms with Crippen LogP contribution in [0.2, 0.25) is 5.02 Å². The molecule has 6 nitrogen and oxygen atoms in total. The van der Waals surface area contributed by atoms with Gasteiger partial charge >= 0.3 is 0 Å². The standard InChI is InChI=1S/C10H16ClN5O/c11-8-5-13-10(16-12)15-9(8)14-6-1-3-7(17)4-2-6/h5-7,17H,1-4,12H2,(H2,13,14,15,16). The van der Waals surface area contributed by atoms with Crippen LogP contribution in [0.4, 0.5) is 11.8 Å². The first kappa shape index (κ1) is 12.3. The van der Waals surface area contributed by atoms with Crippen molar-refractivity contribution in [3.8, 4) is 0 Å². The van der Waals surface area contributed by atoms with Crippen LogP contribution >= 0.6 is 11.6 Å². The highest BCUT2D eigenvalue weighted by molar-refractivity contribution is 6.32. The molecule has 1 saturated carbocycles. The Kier molecular flexibility index (Phi) is 3.98. The number of nitrogens with one attached hydrogen (secondary N) is 2. The largest absolute Gasteiger partial charge is 0.393 e. The molecule has 1 fully saturated rings. The molecule has 0 aromatic carbocycles. The summed E-state index contributed by atoms with van der Waals surface area (Å²) in [4.78, 5) is 8.05. The predicted octanol–water partition coefficient (Wildman–Crippen LogP) is 1.13. The molecular formula is C10H16ClN5O. The fourth-order valence-electron chi connectivity index (χ4n) is 1.95. The lowest BCUT2D eigenvalue weighted by Gasteiger charge is -2.26. The van der Waals surface area contributed by atoms with Crippen LogP contribution in [0, 0.1) is 0 Å². The number of rotatable bonds is 3. The second kappa shape index (κ2) is 5.48. The average molecular weight is 258 g/mol. The third-order valence-electron chi connectivity index (χ3n) is 2.91. The Labute approximate surface area is 105 Å². The van der Waals surface area contributed by atoms with Crippen LogP contribution in [0.25, 0.3) is 0 Å². The summed E-state index contributed by atoms with van der Waals surface area (Å²) in [6.45, 7) is 0. The van der Waals surface area contributed by atoms with Gasteiger partial charge in [0.1, 0.15) is 5.02 Å². The number of nitrogens with two attached hydrogens (primary N) is 1. The van der Waals surface area contributed by atoms with Crippen molar-refractivity contribution in [1.82, 2.24) is 9.97 Å². The lowest BCUT2D eigenvalue weighted by atomic mass is 9.93. The number of nitrogens with zero attached hydrogens (tertiary/aromatic N) is 2. The number of aliphatic hydroxyl groups is 1. The number of nitrogen functional groups attached to an aromatic ring is 1. The molecule has 0 bridgehead atoms. The highest BCUT2D eigenvalue weighted by atomic mass is 35.5. The number of aromatic nitrogens is 2. The van der Waals surface area contributed by atoms with Gasteiger partial charge in [0.05, 0.1) is 12.3 Å². The Morgan fingerprint density at radius 3 is 2.71 bits per heavy atom. The summed E-state index contributed by atoms with van der Waals surface area (Å²) < 4.78 is 0. The van der Waals surface area contributed by atoms with Crippen LogP contribution in [0.5, 0.6) is 0 Å². The normalized spacial score (nSPS) is 24.4. The molecule has 2 rings (SSSR count). The zero-order valence-electron chi connectivity index (χ0n) is 9.36. The summed E-state index contributed by atoms with van der Waals surface area (Å²) in [6.07, 6.45) is 4.77. The van der Waals surface area contributed by atoms with Gasteiger partial charge in [-0.05, 0) is 25.7 Å². The van der Waals surface area contributed by atoms with Crippen molar-refractivity contribution in [2.45, 2.75) is 37.8 Å². The number of hydrazine groups is 1. The number of hydrogen-bond donors (Lipinski definition) is 4. The van der Waals surface area contributed by atoms with E-state index in [4.69, 9.17) is 17.4 Å². The van der Waals surface area contributed by atoms with Gasteiger partial charge in [-0.2, -0.15) is 4.98 Å². The summed E-state index contributed by atoms with van der Waals surface area (Å²) >= 11 is 6.00. The molecule has 94 valence electrons. The van der Waals surface area contributed by atoms with Crippen molar-refractivity contribution in [1.29, 1.82) is 0 Å². The molecule has 0 saturated heterocycles. The van der Waals surface area contributed by atoms with Crippen molar-refractivity contribution in [3.05, 3.63) is 11.2 Å². The second-order valence-electron chi connectivity index (χ2n) is 4.18. The molecule has 0 spiro atoms. The number of anilines is 2. The molecular weight excluding hydrogens is 242 g/mol. The third kappa shape index (κ3) is 3.18. The Hall–Kier alpha value is -1.11. The smallest absolute Gasteiger partial charge is 0.239 e. The zero-order chi connectivity index (χ0) is 12.3. The van der Waals surface area contributed by atoms with Gasteiger partial charge in [0.25, 0.3) is 0 Å². The van der Waals surface area contributed by atoms with Crippen molar-refractivity contribution in [2.75, 3.05) is 10.7 Å². The van der Waals surface area contributed by atoms with E-state index in [9.17, 15) is 5.11 Å². The van der Waals surface area contributed by atoms with Crippen molar-refractivity contribution >= 4 is 23.4 Å². The van der Waals surface area contributed by atoms with Crippen LogP contribution < -0.4 is 16.6 Å². The van der Waals surface area contributed by atoms with Gasteiger partial charge < -0.3 is 10.4 Å². The van der Waals surface area contributed by atoms with E-state index in [1.54, 1.807) is 0 Å². The first-order valence-electron chi connectivity index (χ1n) is 5.63. The SMILES string of the molecule is NNc1ncc(Cl)c(NC2CCC(O)CC2)n1. The van der Waals surface area contributed by atoms with E-state index in [1.165, 1.54) is 6.20 Å². The van der Waals surface area contributed by atoms with Crippen LogP contribution in [0.15, 0.2) is 6.20 Å². The average Bonchev–Trinajstić information content (AvgIpc) is 2.35. The Balaban J connectivity index is 2.02. The van der Waals surface area contributed by atoms with E-state index in [-0.39, 0.29) is 12.1 Å². The van der Waals surface area contributed by atoms with Crippen LogP contribution in [0.1, 0.15) is 25.7 Å². The molecule has 1 aliphatic carbocycles. The monoisotopic (exact) mass is 257 g/mol. The van der Waals surface area contributed by atoms with E-state index < -0.39 is 0 Å². The number of aliphatic hydroxyl groups excluding tert-OH is 1. The van der Waals surface area contributed by atoms with E-state index >= 15 is 0 Å². The minimum Gasteiger partial charge on any atom is -0.393 e. The maximum absolute atomic E-state index is 9.42. The van der Waals surface area contributed by atoms with Gasteiger partial charge in [-0.15, -0.1) is 0 Å². The quantitative estimate of drug-likeness (QED) is 0.479. The van der Waals surface area contributed by atoms with Crippen LogP contribution in [0.3, 0.4) is 0 Å². The first-order chi connectivity index (χ1) is 8.19. The number of hydrogen-bond acceptors (Lipinski definition) is 6. The summed E-state index contributed by atoms with van der Waals surface area (Å²) in [5.74, 6) is 6.15. The minimum absolute atomic E-state index is 0.171. The Morgan fingerprint density at radius 1 is 1.35 bits per heavy atom. The van der Waals surface area contributed by atoms with Gasteiger partial charge in [0, 0.05) is 6.04 Å². The van der Waals surface area contributed by atoms with E-state index in [2.05, 4.69) is 20.7 Å². The predicted molar refractivity (Wildman–Crippen MR) is 66.7 cm³/mol. The topological polar surface area (TPSA) is 96.1 Å². The van der Waals surface area contributed by atoms with Gasteiger partial charge in [-0.25, -0.2) is 10.8 Å². The van der Waals surface area contributed by atoms with Crippen molar-refractivity contribution in [2.24, 2.45) is 5.84 Å². The molecule has 0 unspecified atom stereocenters. The molecule has 0 amide bonds. The molecule has 0 radical (unpaired) electrons. The minimum atomic E-state index is -0.171. The third-order valence-corrected chi connectivity index (χ3v) is 3.19. The van der Waals surface area contributed by atoms with E-state index in [0.29, 0.717) is 16.8 Å². The van der Waals surface area contributed by atoms with E-state index in [0.717, 1.165) is 25.7 Å². The maximum Gasteiger partial charge on any atom is 0.239 e. The van der Waals surface area contributed by atoms with Crippen LogP contribution in [-0.4, -0.2) is 27.2 Å². The number of halogens is 1. The summed E-state index contributed by atoms with van der Waals surface area (Å²) in [5, 5.41) is 13.1.